The molecule has 0 atom stereocenters. The van der Waals surface area contributed by atoms with E-state index < -0.39 is 0 Å². The summed E-state index contributed by atoms with van der Waals surface area (Å²) in [6.07, 6.45) is 1.98. The summed E-state index contributed by atoms with van der Waals surface area (Å²) < 4.78 is 5.26. The zero-order valence-electron chi connectivity index (χ0n) is 13.9. The smallest absolute Gasteiger partial charge is 0.226 e. The number of nitrogens with two attached hydrogens (primary N) is 1. The van der Waals surface area contributed by atoms with E-state index in [4.69, 9.17) is 10.3 Å². The Labute approximate surface area is 146 Å². The first kappa shape index (κ1) is 15.8. The van der Waals surface area contributed by atoms with Crippen LogP contribution in [0.1, 0.15) is 24.1 Å². The monoisotopic (exact) mass is 335 g/mol. The maximum Gasteiger partial charge on any atom is 0.226 e. The molecule has 1 fully saturated rings. The number of nitrogens with zero attached hydrogens (tertiary/aromatic N) is 1. The molecule has 0 bridgehead atoms. The molecule has 5 heteroatoms. The Hall–Kier alpha value is -2.66. The first-order chi connectivity index (χ1) is 12.2. The number of nitrogens with one attached hydrogen (secondary N) is 1. The van der Waals surface area contributed by atoms with E-state index in [1.807, 2.05) is 42.5 Å². The van der Waals surface area contributed by atoms with E-state index in [1.54, 1.807) is 0 Å². The fraction of sp³-hybridized carbons (Fsp3) is 0.300. The summed E-state index contributed by atoms with van der Waals surface area (Å²) in [5.74, 6) is -0.0252. The third kappa shape index (κ3) is 2.91. The predicted octanol–water partition coefficient (Wildman–Crippen LogP) is 2.55. The van der Waals surface area contributed by atoms with Crippen LogP contribution in [0.2, 0.25) is 0 Å². The Morgan fingerprint density at radius 3 is 2.64 bits per heavy atom. The van der Waals surface area contributed by atoms with E-state index in [2.05, 4.69) is 22.6 Å². The van der Waals surface area contributed by atoms with Gasteiger partial charge in [-0.15, -0.1) is 0 Å². The van der Waals surface area contributed by atoms with Crippen molar-refractivity contribution in [3.63, 3.8) is 0 Å². The molecular formula is C20H21N3O2. The van der Waals surface area contributed by atoms with Crippen LogP contribution >= 0.6 is 0 Å². The topological polar surface area (TPSA) is 81.1 Å². The van der Waals surface area contributed by atoms with Crippen molar-refractivity contribution in [2.75, 3.05) is 6.54 Å². The second kappa shape index (κ2) is 6.33. The van der Waals surface area contributed by atoms with Crippen LogP contribution in [0.5, 0.6) is 0 Å². The van der Waals surface area contributed by atoms with Gasteiger partial charge in [-0.2, -0.15) is 0 Å². The number of hydrogen-bond donors (Lipinski definition) is 2. The molecule has 1 aliphatic rings. The fourth-order valence-electron chi connectivity index (χ4n) is 3.79. The zero-order chi connectivity index (χ0) is 17.3. The van der Waals surface area contributed by atoms with Gasteiger partial charge in [-0.25, -0.2) is 0 Å². The molecule has 0 saturated heterocycles. The Kier molecular flexibility index (Phi) is 4.01. The van der Waals surface area contributed by atoms with Crippen LogP contribution in [0.3, 0.4) is 0 Å². The van der Waals surface area contributed by atoms with E-state index in [0.29, 0.717) is 17.8 Å². The van der Waals surface area contributed by atoms with Crippen LogP contribution in [-0.2, 0) is 16.6 Å². The highest BCUT2D eigenvalue weighted by molar-refractivity contribution is 5.86. The largest absolute Gasteiger partial charge is 0.356 e. The van der Waals surface area contributed by atoms with Crippen LogP contribution in [-0.4, -0.2) is 23.7 Å². The predicted molar refractivity (Wildman–Crippen MR) is 96.1 cm³/mol. The number of para-hydroxylation sites is 1. The van der Waals surface area contributed by atoms with Crippen molar-refractivity contribution in [2.24, 2.45) is 5.73 Å². The minimum absolute atomic E-state index is 0.0141. The summed E-state index contributed by atoms with van der Waals surface area (Å²) in [6, 6.07) is 18.1. The molecule has 2 aromatic carbocycles. The molecule has 0 spiro atoms. The molecule has 0 unspecified atom stereocenters. The molecular weight excluding hydrogens is 314 g/mol. The average molecular weight is 335 g/mol. The lowest BCUT2D eigenvalue weighted by atomic mass is 9.61. The fourth-order valence-corrected chi connectivity index (χ4v) is 3.79. The molecule has 1 amide bonds. The van der Waals surface area contributed by atoms with Crippen LogP contribution in [0.25, 0.3) is 11.0 Å². The number of aromatic nitrogens is 1. The van der Waals surface area contributed by atoms with Gasteiger partial charge in [-0.3, -0.25) is 4.79 Å². The molecule has 1 heterocycles. The normalized spacial score (nSPS) is 22.5. The summed E-state index contributed by atoms with van der Waals surface area (Å²) >= 11 is 0. The first-order valence-corrected chi connectivity index (χ1v) is 8.58. The molecule has 4 rings (SSSR count). The standard InChI is InChI=1S/C20H21N3O2/c21-13-20(14-6-2-1-3-7-14)11-15(12-20)22-19(24)10-17-16-8-4-5-9-18(16)25-23-17/h1-9,15H,10-13,21H2,(H,22,24). The molecule has 3 N–H and O–H groups in total. The lowest BCUT2D eigenvalue weighted by molar-refractivity contribution is -0.122. The Morgan fingerprint density at radius 1 is 1.16 bits per heavy atom. The quantitative estimate of drug-likeness (QED) is 0.751. The minimum atomic E-state index is -0.0252. The van der Waals surface area contributed by atoms with Gasteiger partial charge in [-0.05, 0) is 30.5 Å². The summed E-state index contributed by atoms with van der Waals surface area (Å²) in [5.41, 5.74) is 8.66. The third-order valence-electron chi connectivity index (χ3n) is 5.20. The first-order valence-electron chi connectivity index (χ1n) is 8.58. The SMILES string of the molecule is NCC1(c2ccccc2)CC(NC(=O)Cc2noc3ccccc23)C1. The molecule has 1 aromatic heterocycles. The summed E-state index contributed by atoms with van der Waals surface area (Å²) in [5, 5.41) is 8.02. The number of rotatable bonds is 5. The Bertz CT molecular complexity index is 882. The average Bonchev–Trinajstić information content (AvgIpc) is 3.01. The highest BCUT2D eigenvalue weighted by Crippen LogP contribution is 2.43. The number of carbonyl (C=O) groups is 1. The van der Waals surface area contributed by atoms with Gasteiger partial charge in [0.2, 0.25) is 5.91 Å². The Balaban J connectivity index is 1.38. The van der Waals surface area contributed by atoms with Crippen LogP contribution in [0, 0.1) is 0 Å². The summed E-state index contributed by atoms with van der Waals surface area (Å²) in [7, 11) is 0. The number of benzene rings is 2. The van der Waals surface area contributed by atoms with Gasteiger partial charge in [0.25, 0.3) is 0 Å². The van der Waals surface area contributed by atoms with Crippen LogP contribution in [0.15, 0.2) is 59.1 Å². The third-order valence-corrected chi connectivity index (χ3v) is 5.20. The van der Waals surface area contributed by atoms with Gasteiger partial charge < -0.3 is 15.6 Å². The maximum atomic E-state index is 12.4. The van der Waals surface area contributed by atoms with E-state index >= 15 is 0 Å². The van der Waals surface area contributed by atoms with Crippen molar-refractivity contribution in [1.29, 1.82) is 0 Å². The molecule has 128 valence electrons. The Morgan fingerprint density at radius 2 is 1.88 bits per heavy atom. The highest BCUT2D eigenvalue weighted by Gasteiger charge is 2.44. The summed E-state index contributed by atoms with van der Waals surface area (Å²) in [6.45, 7) is 0.595. The van der Waals surface area contributed by atoms with Gasteiger partial charge in [0, 0.05) is 23.4 Å². The van der Waals surface area contributed by atoms with Gasteiger partial charge in [-0.1, -0.05) is 47.6 Å². The molecule has 0 aliphatic heterocycles. The van der Waals surface area contributed by atoms with Gasteiger partial charge >= 0.3 is 0 Å². The maximum absolute atomic E-state index is 12.4. The van der Waals surface area contributed by atoms with Gasteiger partial charge in [0.1, 0.15) is 5.69 Å². The molecule has 1 saturated carbocycles. The molecule has 0 radical (unpaired) electrons. The van der Waals surface area contributed by atoms with Crippen molar-refractivity contribution in [1.82, 2.24) is 10.5 Å². The van der Waals surface area contributed by atoms with E-state index in [0.717, 1.165) is 18.2 Å². The van der Waals surface area contributed by atoms with Crippen LogP contribution in [0.4, 0.5) is 0 Å². The number of carbonyl (C=O) groups excluding carboxylic acids is 1. The summed E-state index contributed by atoms with van der Waals surface area (Å²) in [4.78, 5) is 12.4. The lowest BCUT2D eigenvalue weighted by Crippen LogP contribution is -2.56. The van der Waals surface area contributed by atoms with Crippen molar-refractivity contribution in [3.8, 4) is 0 Å². The molecule has 1 aliphatic carbocycles. The van der Waals surface area contributed by atoms with Gasteiger partial charge in [0.15, 0.2) is 5.58 Å². The number of fused-ring (bicyclic) bond motifs is 1. The zero-order valence-corrected chi connectivity index (χ0v) is 13.9. The van der Waals surface area contributed by atoms with Crippen molar-refractivity contribution in [3.05, 3.63) is 65.9 Å². The van der Waals surface area contributed by atoms with E-state index in [-0.39, 0.29) is 23.8 Å². The second-order valence-corrected chi connectivity index (χ2v) is 6.83. The molecule has 5 nitrogen and oxygen atoms in total. The lowest BCUT2D eigenvalue weighted by Gasteiger charge is -2.47. The highest BCUT2D eigenvalue weighted by atomic mass is 16.5. The van der Waals surface area contributed by atoms with Gasteiger partial charge in [0.05, 0.1) is 6.42 Å². The number of amides is 1. The second-order valence-electron chi connectivity index (χ2n) is 6.83. The van der Waals surface area contributed by atoms with Crippen molar-refractivity contribution >= 4 is 16.9 Å². The molecule has 3 aromatic rings. The number of hydrogen-bond acceptors (Lipinski definition) is 4. The van der Waals surface area contributed by atoms with Crippen molar-refractivity contribution in [2.45, 2.75) is 30.7 Å². The van der Waals surface area contributed by atoms with E-state index in [1.165, 1.54) is 5.56 Å². The van der Waals surface area contributed by atoms with Crippen molar-refractivity contribution < 1.29 is 9.32 Å². The molecule has 25 heavy (non-hydrogen) atoms. The van der Waals surface area contributed by atoms with E-state index in [9.17, 15) is 4.79 Å². The van der Waals surface area contributed by atoms with Crippen LogP contribution < -0.4 is 11.1 Å². The minimum Gasteiger partial charge on any atom is -0.356 e.